The average molecular weight is 274 g/mol. The highest BCUT2D eigenvalue weighted by Gasteiger charge is 2.29. The molecule has 3 heterocycles. The minimum Gasteiger partial charge on any atom is -0.368 e. The topological polar surface area (TPSA) is 31.4 Å². The van der Waals surface area contributed by atoms with Crippen LogP contribution in [0.5, 0.6) is 0 Å². The predicted molar refractivity (Wildman–Crippen MR) is 83.2 cm³/mol. The number of nitrogens with one attached hydrogen (secondary N) is 1. The minimum atomic E-state index is 0.758. The second-order valence-corrected chi connectivity index (χ2v) is 6.12. The maximum Gasteiger partial charge on any atom is 0.0446 e. The fraction of sp³-hybridized carbons (Fsp3) is 0.688. The van der Waals surface area contributed by atoms with E-state index in [9.17, 15) is 0 Å². The van der Waals surface area contributed by atoms with Gasteiger partial charge in [0.05, 0.1) is 0 Å². The molecule has 0 radical (unpaired) electrons. The van der Waals surface area contributed by atoms with Crippen molar-refractivity contribution in [2.24, 2.45) is 0 Å². The van der Waals surface area contributed by atoms with Gasteiger partial charge in [0.25, 0.3) is 0 Å². The highest BCUT2D eigenvalue weighted by Crippen LogP contribution is 2.27. The summed E-state index contributed by atoms with van der Waals surface area (Å²) in [5.74, 6) is 0. The summed E-state index contributed by atoms with van der Waals surface area (Å²) in [5, 5.41) is 3.26. The number of rotatable bonds is 3. The number of aromatic nitrogens is 1. The SMILES string of the molecule is CNCc1cnc(C)cc1N1CCN2CCCCC2C1. The van der Waals surface area contributed by atoms with Crippen LogP contribution in [-0.2, 0) is 6.54 Å². The summed E-state index contributed by atoms with van der Waals surface area (Å²) in [6, 6.07) is 3.01. The van der Waals surface area contributed by atoms with Crippen LogP contribution in [0, 0.1) is 6.92 Å². The maximum absolute atomic E-state index is 4.46. The number of hydrogen-bond acceptors (Lipinski definition) is 4. The lowest BCUT2D eigenvalue weighted by atomic mass is 9.99. The molecule has 0 aliphatic carbocycles. The van der Waals surface area contributed by atoms with E-state index in [1.54, 1.807) is 0 Å². The summed E-state index contributed by atoms with van der Waals surface area (Å²) in [4.78, 5) is 9.72. The third-order valence-electron chi connectivity index (χ3n) is 4.64. The van der Waals surface area contributed by atoms with Crippen molar-refractivity contribution >= 4 is 5.69 Å². The van der Waals surface area contributed by atoms with Crippen molar-refractivity contribution in [1.82, 2.24) is 15.2 Å². The Hall–Kier alpha value is -1.13. The molecule has 0 bridgehead atoms. The van der Waals surface area contributed by atoms with Gasteiger partial charge in [-0.25, -0.2) is 0 Å². The number of pyridine rings is 1. The van der Waals surface area contributed by atoms with Gasteiger partial charge < -0.3 is 10.2 Å². The van der Waals surface area contributed by atoms with Crippen molar-refractivity contribution < 1.29 is 0 Å². The molecule has 2 aliphatic heterocycles. The van der Waals surface area contributed by atoms with Crippen molar-refractivity contribution in [3.8, 4) is 0 Å². The molecular formula is C16H26N4. The van der Waals surface area contributed by atoms with E-state index < -0.39 is 0 Å². The summed E-state index contributed by atoms with van der Waals surface area (Å²) in [6.07, 6.45) is 6.18. The summed E-state index contributed by atoms with van der Waals surface area (Å²) >= 11 is 0. The summed E-state index contributed by atoms with van der Waals surface area (Å²) < 4.78 is 0. The van der Waals surface area contributed by atoms with E-state index in [0.717, 1.165) is 24.8 Å². The van der Waals surface area contributed by atoms with Crippen molar-refractivity contribution in [2.45, 2.75) is 38.8 Å². The van der Waals surface area contributed by atoms with Gasteiger partial charge >= 0.3 is 0 Å². The molecule has 3 rings (SSSR count). The fourth-order valence-corrected chi connectivity index (χ4v) is 3.57. The number of fused-ring (bicyclic) bond motifs is 1. The highest BCUT2D eigenvalue weighted by atomic mass is 15.3. The first kappa shape index (κ1) is 13.8. The van der Waals surface area contributed by atoms with Crippen molar-refractivity contribution in [3.05, 3.63) is 23.5 Å². The van der Waals surface area contributed by atoms with E-state index >= 15 is 0 Å². The Morgan fingerprint density at radius 1 is 1.30 bits per heavy atom. The van der Waals surface area contributed by atoms with Crippen LogP contribution in [0.25, 0.3) is 0 Å². The molecule has 4 nitrogen and oxygen atoms in total. The Morgan fingerprint density at radius 3 is 3.05 bits per heavy atom. The van der Waals surface area contributed by atoms with Gasteiger partial charge in [0.15, 0.2) is 0 Å². The zero-order valence-corrected chi connectivity index (χ0v) is 12.7. The van der Waals surface area contributed by atoms with Gasteiger partial charge in [0.1, 0.15) is 0 Å². The Balaban J connectivity index is 1.80. The van der Waals surface area contributed by atoms with Crippen LogP contribution < -0.4 is 10.2 Å². The smallest absolute Gasteiger partial charge is 0.0446 e. The quantitative estimate of drug-likeness (QED) is 0.910. The number of piperazine rings is 1. The van der Waals surface area contributed by atoms with E-state index in [0.29, 0.717) is 0 Å². The number of nitrogens with zero attached hydrogens (tertiary/aromatic N) is 3. The van der Waals surface area contributed by atoms with E-state index in [1.807, 2.05) is 13.2 Å². The third kappa shape index (κ3) is 2.81. The molecule has 20 heavy (non-hydrogen) atoms. The Kier molecular flexibility index (Phi) is 4.22. The molecule has 1 atom stereocenters. The molecule has 1 N–H and O–H groups in total. The Labute approximate surface area is 122 Å². The molecule has 1 aromatic heterocycles. The first-order valence-corrected chi connectivity index (χ1v) is 7.87. The highest BCUT2D eigenvalue weighted by molar-refractivity contribution is 5.54. The number of hydrogen-bond donors (Lipinski definition) is 1. The molecule has 110 valence electrons. The lowest BCUT2D eigenvalue weighted by molar-refractivity contribution is 0.133. The molecule has 1 aromatic rings. The van der Waals surface area contributed by atoms with Crippen molar-refractivity contribution in [3.63, 3.8) is 0 Å². The third-order valence-corrected chi connectivity index (χ3v) is 4.64. The molecule has 0 saturated carbocycles. The van der Waals surface area contributed by atoms with Crippen LogP contribution in [0.2, 0.25) is 0 Å². The first-order valence-electron chi connectivity index (χ1n) is 7.87. The molecular weight excluding hydrogens is 248 g/mol. The monoisotopic (exact) mass is 274 g/mol. The molecule has 2 saturated heterocycles. The maximum atomic E-state index is 4.46. The van der Waals surface area contributed by atoms with Gasteiger partial charge in [-0.3, -0.25) is 9.88 Å². The number of anilines is 1. The summed E-state index contributed by atoms with van der Waals surface area (Å²) in [6.45, 7) is 7.83. The second-order valence-electron chi connectivity index (χ2n) is 6.12. The molecule has 2 fully saturated rings. The minimum absolute atomic E-state index is 0.758. The van der Waals surface area contributed by atoms with E-state index in [-0.39, 0.29) is 0 Å². The fourth-order valence-electron chi connectivity index (χ4n) is 3.57. The molecule has 0 spiro atoms. The van der Waals surface area contributed by atoms with Gasteiger partial charge in [-0.15, -0.1) is 0 Å². The van der Waals surface area contributed by atoms with Gasteiger partial charge in [-0.1, -0.05) is 6.42 Å². The van der Waals surface area contributed by atoms with Crippen LogP contribution in [0.15, 0.2) is 12.3 Å². The predicted octanol–water partition coefficient (Wildman–Crippen LogP) is 1.78. The van der Waals surface area contributed by atoms with E-state index in [1.165, 1.54) is 50.1 Å². The van der Waals surface area contributed by atoms with Crippen LogP contribution in [0.3, 0.4) is 0 Å². The zero-order valence-electron chi connectivity index (χ0n) is 12.7. The van der Waals surface area contributed by atoms with Gasteiger partial charge in [0.2, 0.25) is 0 Å². The largest absolute Gasteiger partial charge is 0.368 e. The molecule has 0 amide bonds. The standard InChI is InChI=1S/C16H26N4/c1-13-9-16(14(10-17-2)11-18-13)20-8-7-19-6-4-3-5-15(19)12-20/h9,11,15,17H,3-8,10,12H2,1-2H3. The summed E-state index contributed by atoms with van der Waals surface area (Å²) in [7, 11) is 2.00. The van der Waals surface area contributed by atoms with Gasteiger partial charge in [-0.05, 0) is 39.4 Å². The van der Waals surface area contributed by atoms with Crippen LogP contribution in [-0.4, -0.2) is 49.2 Å². The first-order chi connectivity index (χ1) is 9.78. The molecule has 0 aromatic carbocycles. The average Bonchev–Trinajstić information content (AvgIpc) is 2.49. The molecule has 4 heteroatoms. The molecule has 1 unspecified atom stereocenters. The van der Waals surface area contributed by atoms with Crippen molar-refractivity contribution in [2.75, 3.05) is 38.1 Å². The number of piperidine rings is 1. The van der Waals surface area contributed by atoms with Gasteiger partial charge in [-0.2, -0.15) is 0 Å². The Bertz CT molecular complexity index is 460. The van der Waals surface area contributed by atoms with Crippen LogP contribution >= 0.6 is 0 Å². The normalized spacial score (nSPS) is 23.7. The Morgan fingerprint density at radius 2 is 2.20 bits per heavy atom. The summed E-state index contributed by atoms with van der Waals surface area (Å²) in [5.41, 5.74) is 3.82. The zero-order chi connectivity index (χ0) is 13.9. The van der Waals surface area contributed by atoms with E-state index in [2.05, 4.69) is 33.1 Å². The lowest BCUT2D eigenvalue weighted by Gasteiger charge is -2.45. The number of aryl methyl sites for hydroxylation is 1. The van der Waals surface area contributed by atoms with E-state index in [4.69, 9.17) is 0 Å². The van der Waals surface area contributed by atoms with Crippen LogP contribution in [0.4, 0.5) is 5.69 Å². The van der Waals surface area contributed by atoms with Crippen molar-refractivity contribution in [1.29, 1.82) is 0 Å². The molecule has 2 aliphatic rings. The second kappa shape index (κ2) is 6.10. The lowest BCUT2D eigenvalue weighted by Crippen LogP contribution is -2.55. The van der Waals surface area contributed by atoms with Gasteiger partial charge in [0, 0.05) is 55.4 Å². The van der Waals surface area contributed by atoms with Crippen LogP contribution in [0.1, 0.15) is 30.5 Å².